The standard InChI is InChI=1S/C17H19N3O/c1-17(2,11-13-7-4-5-9-15(13)21-3)20-16-10-6-8-14(12-18)19-16/h4-10H,11H2,1-3H3,(H,19,20). The van der Waals surface area contributed by atoms with Crippen LogP contribution in [0.3, 0.4) is 0 Å². The molecule has 4 nitrogen and oxygen atoms in total. The Kier molecular flexibility index (Phi) is 4.44. The van der Waals surface area contributed by atoms with Crippen molar-refractivity contribution in [2.45, 2.75) is 25.8 Å². The van der Waals surface area contributed by atoms with E-state index in [2.05, 4.69) is 30.2 Å². The molecule has 4 heteroatoms. The van der Waals surface area contributed by atoms with E-state index in [1.807, 2.05) is 36.4 Å². The highest BCUT2D eigenvalue weighted by Gasteiger charge is 2.20. The van der Waals surface area contributed by atoms with Crippen LogP contribution in [0.1, 0.15) is 25.1 Å². The molecule has 1 heterocycles. The Labute approximate surface area is 125 Å². The van der Waals surface area contributed by atoms with Crippen LogP contribution >= 0.6 is 0 Å². The molecule has 108 valence electrons. The highest BCUT2D eigenvalue weighted by molar-refractivity contribution is 5.42. The summed E-state index contributed by atoms with van der Waals surface area (Å²) >= 11 is 0. The number of para-hydroxylation sites is 1. The van der Waals surface area contributed by atoms with Gasteiger partial charge in [-0.15, -0.1) is 0 Å². The number of nitrogens with one attached hydrogen (secondary N) is 1. The minimum Gasteiger partial charge on any atom is -0.496 e. The molecule has 0 fully saturated rings. The Bertz CT molecular complexity index is 659. The molecule has 2 rings (SSSR count). The first kappa shape index (κ1) is 14.9. The smallest absolute Gasteiger partial charge is 0.142 e. The van der Waals surface area contributed by atoms with Gasteiger partial charge in [0.25, 0.3) is 0 Å². The highest BCUT2D eigenvalue weighted by Crippen LogP contribution is 2.24. The van der Waals surface area contributed by atoms with Gasteiger partial charge in [0, 0.05) is 5.54 Å². The van der Waals surface area contributed by atoms with Crippen LogP contribution in [0.4, 0.5) is 5.82 Å². The monoisotopic (exact) mass is 281 g/mol. The number of benzene rings is 1. The van der Waals surface area contributed by atoms with E-state index in [0.29, 0.717) is 11.5 Å². The lowest BCUT2D eigenvalue weighted by atomic mass is 9.94. The van der Waals surface area contributed by atoms with E-state index in [9.17, 15) is 0 Å². The van der Waals surface area contributed by atoms with Gasteiger partial charge in [0.1, 0.15) is 23.3 Å². The van der Waals surface area contributed by atoms with E-state index in [-0.39, 0.29) is 5.54 Å². The van der Waals surface area contributed by atoms with Crippen LogP contribution < -0.4 is 10.1 Å². The third-order valence-electron chi connectivity index (χ3n) is 3.16. The van der Waals surface area contributed by atoms with E-state index < -0.39 is 0 Å². The van der Waals surface area contributed by atoms with Crippen molar-refractivity contribution in [1.29, 1.82) is 5.26 Å². The van der Waals surface area contributed by atoms with Gasteiger partial charge < -0.3 is 10.1 Å². The Hall–Kier alpha value is -2.54. The summed E-state index contributed by atoms with van der Waals surface area (Å²) in [6.07, 6.45) is 0.787. The van der Waals surface area contributed by atoms with Crippen molar-refractivity contribution >= 4 is 5.82 Å². The van der Waals surface area contributed by atoms with Gasteiger partial charge in [0.05, 0.1) is 7.11 Å². The van der Waals surface area contributed by atoms with E-state index >= 15 is 0 Å². The summed E-state index contributed by atoms with van der Waals surface area (Å²) in [6.45, 7) is 4.19. The minimum atomic E-state index is -0.213. The molecule has 21 heavy (non-hydrogen) atoms. The van der Waals surface area contributed by atoms with Crippen molar-refractivity contribution in [3.8, 4) is 11.8 Å². The molecule has 0 saturated carbocycles. The zero-order valence-corrected chi connectivity index (χ0v) is 12.6. The number of hydrogen-bond donors (Lipinski definition) is 1. The predicted octanol–water partition coefficient (Wildman–Crippen LogP) is 3.40. The van der Waals surface area contributed by atoms with Crippen LogP contribution in [0.15, 0.2) is 42.5 Å². The van der Waals surface area contributed by atoms with Crippen molar-refractivity contribution in [2.75, 3.05) is 12.4 Å². The average molecular weight is 281 g/mol. The molecule has 0 bridgehead atoms. The zero-order chi connectivity index (χ0) is 15.3. The van der Waals surface area contributed by atoms with E-state index in [4.69, 9.17) is 10.00 Å². The fraction of sp³-hybridized carbons (Fsp3) is 0.294. The predicted molar refractivity (Wildman–Crippen MR) is 83.4 cm³/mol. The fourth-order valence-corrected chi connectivity index (χ4v) is 2.28. The quantitative estimate of drug-likeness (QED) is 0.912. The Morgan fingerprint density at radius 3 is 2.67 bits per heavy atom. The zero-order valence-electron chi connectivity index (χ0n) is 12.6. The summed E-state index contributed by atoms with van der Waals surface area (Å²) in [5.74, 6) is 1.58. The van der Waals surface area contributed by atoms with Crippen LogP contribution in [-0.2, 0) is 6.42 Å². The molecule has 2 aromatic rings. The van der Waals surface area contributed by atoms with E-state index in [1.165, 1.54) is 0 Å². The van der Waals surface area contributed by atoms with Crippen molar-refractivity contribution in [3.63, 3.8) is 0 Å². The molecule has 0 unspecified atom stereocenters. The summed E-state index contributed by atoms with van der Waals surface area (Å²) < 4.78 is 5.39. The summed E-state index contributed by atoms with van der Waals surface area (Å²) in [6, 6.07) is 15.4. The summed E-state index contributed by atoms with van der Waals surface area (Å²) in [7, 11) is 1.68. The first-order valence-electron chi connectivity index (χ1n) is 6.81. The molecule has 0 aliphatic carbocycles. The Balaban J connectivity index is 2.16. The first-order chi connectivity index (χ1) is 10.0. The number of nitriles is 1. The number of aromatic nitrogens is 1. The SMILES string of the molecule is COc1ccccc1CC(C)(C)Nc1cccc(C#N)n1. The molecule has 0 aliphatic rings. The van der Waals surface area contributed by atoms with E-state index in [0.717, 1.165) is 17.7 Å². The molecule has 0 atom stereocenters. The summed E-state index contributed by atoms with van der Waals surface area (Å²) in [5, 5.41) is 12.3. The third kappa shape index (κ3) is 3.96. The second kappa shape index (κ2) is 6.27. The van der Waals surface area contributed by atoms with Gasteiger partial charge in [-0.3, -0.25) is 0 Å². The largest absolute Gasteiger partial charge is 0.496 e. The van der Waals surface area contributed by atoms with Crippen LogP contribution in [0.25, 0.3) is 0 Å². The van der Waals surface area contributed by atoms with Gasteiger partial charge in [-0.05, 0) is 44.0 Å². The normalized spacial score (nSPS) is 10.8. The van der Waals surface area contributed by atoms with Crippen molar-refractivity contribution in [2.24, 2.45) is 0 Å². The second-order valence-corrected chi connectivity index (χ2v) is 5.52. The molecule has 0 radical (unpaired) electrons. The first-order valence-corrected chi connectivity index (χ1v) is 6.81. The van der Waals surface area contributed by atoms with Gasteiger partial charge in [-0.2, -0.15) is 5.26 Å². The Morgan fingerprint density at radius 1 is 1.19 bits per heavy atom. The lowest BCUT2D eigenvalue weighted by molar-refractivity contribution is 0.405. The van der Waals surface area contributed by atoms with Crippen LogP contribution in [0.2, 0.25) is 0 Å². The summed E-state index contributed by atoms with van der Waals surface area (Å²) in [4.78, 5) is 4.26. The molecule has 0 aliphatic heterocycles. The van der Waals surface area contributed by atoms with Gasteiger partial charge in [-0.25, -0.2) is 4.98 Å². The minimum absolute atomic E-state index is 0.213. The van der Waals surface area contributed by atoms with E-state index in [1.54, 1.807) is 13.2 Å². The topological polar surface area (TPSA) is 57.9 Å². The van der Waals surface area contributed by atoms with Crippen LogP contribution in [0.5, 0.6) is 5.75 Å². The van der Waals surface area contributed by atoms with Crippen LogP contribution in [-0.4, -0.2) is 17.6 Å². The third-order valence-corrected chi connectivity index (χ3v) is 3.16. The van der Waals surface area contributed by atoms with Gasteiger partial charge in [0.2, 0.25) is 0 Å². The number of anilines is 1. The lowest BCUT2D eigenvalue weighted by Gasteiger charge is -2.27. The van der Waals surface area contributed by atoms with Crippen molar-refractivity contribution < 1.29 is 4.74 Å². The van der Waals surface area contributed by atoms with Crippen LogP contribution in [0, 0.1) is 11.3 Å². The maximum absolute atomic E-state index is 8.91. The molecule has 1 aromatic heterocycles. The Morgan fingerprint density at radius 2 is 1.95 bits per heavy atom. The number of hydrogen-bond acceptors (Lipinski definition) is 4. The lowest BCUT2D eigenvalue weighted by Crippen LogP contribution is -2.34. The van der Waals surface area contributed by atoms with Gasteiger partial charge in [0.15, 0.2) is 0 Å². The maximum Gasteiger partial charge on any atom is 0.142 e. The van der Waals surface area contributed by atoms with Crippen molar-refractivity contribution in [1.82, 2.24) is 4.98 Å². The summed E-state index contributed by atoms with van der Waals surface area (Å²) in [5.41, 5.74) is 1.33. The molecule has 1 aromatic carbocycles. The molecular formula is C17H19N3O. The number of nitrogens with zero attached hydrogens (tertiary/aromatic N) is 2. The number of methoxy groups -OCH3 is 1. The second-order valence-electron chi connectivity index (χ2n) is 5.52. The number of pyridine rings is 1. The molecule has 1 N–H and O–H groups in total. The molecule has 0 amide bonds. The molecule has 0 saturated heterocycles. The van der Waals surface area contributed by atoms with Crippen molar-refractivity contribution in [3.05, 3.63) is 53.7 Å². The van der Waals surface area contributed by atoms with Gasteiger partial charge in [-0.1, -0.05) is 24.3 Å². The van der Waals surface area contributed by atoms with Gasteiger partial charge >= 0.3 is 0 Å². The fourth-order valence-electron chi connectivity index (χ4n) is 2.28. The number of rotatable bonds is 5. The molecular weight excluding hydrogens is 262 g/mol. The highest BCUT2D eigenvalue weighted by atomic mass is 16.5. The number of ether oxygens (including phenoxy) is 1. The average Bonchev–Trinajstić information content (AvgIpc) is 2.47. The molecule has 0 spiro atoms. The maximum atomic E-state index is 8.91.